The van der Waals surface area contributed by atoms with E-state index in [2.05, 4.69) is 36.2 Å². The van der Waals surface area contributed by atoms with E-state index >= 15 is 0 Å². The van der Waals surface area contributed by atoms with Crippen LogP contribution in [0.15, 0.2) is 42.6 Å². The van der Waals surface area contributed by atoms with Crippen LogP contribution in [-0.4, -0.2) is 16.1 Å². The van der Waals surface area contributed by atoms with Gasteiger partial charge in [0.1, 0.15) is 0 Å². The van der Waals surface area contributed by atoms with Crippen LogP contribution in [0.1, 0.15) is 27.2 Å². The summed E-state index contributed by atoms with van der Waals surface area (Å²) in [5.74, 6) is 0.782. The predicted molar refractivity (Wildman–Crippen MR) is 77.4 cm³/mol. The average Bonchev–Trinajstić information content (AvgIpc) is 2.39. The lowest BCUT2D eigenvalue weighted by Gasteiger charge is -2.03. The van der Waals surface area contributed by atoms with Crippen molar-refractivity contribution in [2.45, 2.75) is 18.4 Å². The van der Waals surface area contributed by atoms with Gasteiger partial charge in [0.05, 0.1) is 11.3 Å². The fourth-order valence-corrected chi connectivity index (χ4v) is 2.61. The molecule has 2 aromatic rings. The number of aromatic nitrogens is 1. The van der Waals surface area contributed by atoms with E-state index < -0.39 is 5.97 Å². The van der Waals surface area contributed by atoms with E-state index in [0.29, 0.717) is 0 Å². The summed E-state index contributed by atoms with van der Waals surface area (Å²) in [4.78, 5) is 14.8. The van der Waals surface area contributed by atoms with Crippen molar-refractivity contribution in [3.05, 3.63) is 65.0 Å². The molecule has 1 N–H and O–H groups in total. The Morgan fingerprint density at radius 3 is 2.74 bits per heavy atom. The number of hydrogen-bond donors (Lipinski definition) is 1. The molecule has 4 heteroatoms. The number of rotatable bonds is 5. The molecule has 0 atom stereocenters. The third-order valence-corrected chi connectivity index (χ3v) is 3.71. The number of thioether (sulfide) groups is 1. The summed E-state index contributed by atoms with van der Waals surface area (Å²) in [6.07, 6.45) is 1.41. The number of hydrogen-bond acceptors (Lipinski definition) is 3. The molecule has 3 nitrogen and oxygen atoms in total. The van der Waals surface area contributed by atoms with Gasteiger partial charge in [-0.25, -0.2) is 4.79 Å². The smallest absolute Gasteiger partial charge is 0.337 e. The van der Waals surface area contributed by atoms with Gasteiger partial charge in [0, 0.05) is 17.7 Å². The zero-order valence-electron chi connectivity index (χ0n) is 10.7. The normalized spacial score (nSPS) is 10.4. The first kappa shape index (κ1) is 13.6. The van der Waals surface area contributed by atoms with E-state index in [-0.39, 0.29) is 5.56 Å². The van der Waals surface area contributed by atoms with Crippen molar-refractivity contribution in [3.63, 3.8) is 0 Å². The van der Waals surface area contributed by atoms with Crippen LogP contribution >= 0.6 is 11.8 Å². The van der Waals surface area contributed by atoms with Gasteiger partial charge >= 0.3 is 5.97 Å². The molecule has 0 saturated heterocycles. The zero-order chi connectivity index (χ0) is 13.7. The third kappa shape index (κ3) is 4.10. The molecule has 0 bridgehead atoms. The van der Waals surface area contributed by atoms with E-state index in [4.69, 9.17) is 5.11 Å². The highest BCUT2D eigenvalue weighted by molar-refractivity contribution is 7.97. The molecule has 2 rings (SSSR count). The Morgan fingerprint density at radius 2 is 2.11 bits per heavy atom. The Bertz CT molecular complexity index is 567. The summed E-state index contributed by atoms with van der Waals surface area (Å²) in [6.45, 7) is 2.08. The first-order chi connectivity index (χ1) is 9.15. The molecule has 0 aliphatic rings. The van der Waals surface area contributed by atoms with Crippen molar-refractivity contribution in [2.75, 3.05) is 0 Å². The largest absolute Gasteiger partial charge is 0.478 e. The topological polar surface area (TPSA) is 50.2 Å². The van der Waals surface area contributed by atoms with Crippen LogP contribution in [0.5, 0.6) is 0 Å². The summed E-state index contributed by atoms with van der Waals surface area (Å²) >= 11 is 1.77. The summed E-state index contributed by atoms with van der Waals surface area (Å²) in [7, 11) is 0. The zero-order valence-corrected chi connectivity index (χ0v) is 11.5. The molecule has 1 aromatic heterocycles. The maximum atomic E-state index is 10.7. The molecule has 0 saturated carbocycles. The number of carboxylic acid groups (broad SMARTS) is 1. The second kappa shape index (κ2) is 6.38. The predicted octanol–water partition coefficient (Wildman–Crippen LogP) is 3.52. The van der Waals surface area contributed by atoms with Crippen LogP contribution in [0, 0.1) is 6.92 Å². The molecule has 0 aliphatic carbocycles. The molecule has 0 fully saturated rings. The second-order valence-corrected chi connectivity index (χ2v) is 5.31. The molecule has 0 spiro atoms. The first-order valence-electron chi connectivity index (χ1n) is 5.96. The fraction of sp³-hybridized carbons (Fsp3) is 0.200. The van der Waals surface area contributed by atoms with Gasteiger partial charge in [-0.2, -0.15) is 11.8 Å². The quantitative estimate of drug-likeness (QED) is 0.905. The van der Waals surface area contributed by atoms with Crippen LogP contribution in [0.25, 0.3) is 0 Å². The minimum Gasteiger partial charge on any atom is -0.478 e. The fourth-order valence-electron chi connectivity index (χ4n) is 1.71. The third-order valence-electron chi connectivity index (χ3n) is 2.67. The summed E-state index contributed by atoms with van der Waals surface area (Å²) < 4.78 is 0. The molecule has 0 amide bonds. The summed E-state index contributed by atoms with van der Waals surface area (Å²) in [5.41, 5.74) is 3.70. The number of carbonyl (C=O) groups is 1. The van der Waals surface area contributed by atoms with Gasteiger partial charge in [-0.15, -0.1) is 0 Å². The molecule has 98 valence electrons. The second-order valence-electron chi connectivity index (χ2n) is 4.33. The monoisotopic (exact) mass is 273 g/mol. The van der Waals surface area contributed by atoms with Gasteiger partial charge in [0.15, 0.2) is 0 Å². The number of benzene rings is 1. The van der Waals surface area contributed by atoms with Crippen molar-refractivity contribution in [2.24, 2.45) is 0 Å². The number of carboxylic acids is 1. The molecule has 0 radical (unpaired) electrons. The molecule has 1 aromatic carbocycles. The summed E-state index contributed by atoms with van der Waals surface area (Å²) in [6, 6.07) is 11.8. The maximum Gasteiger partial charge on any atom is 0.337 e. The Hall–Kier alpha value is -1.81. The Balaban J connectivity index is 1.87. The Labute approximate surface area is 116 Å². The van der Waals surface area contributed by atoms with E-state index in [9.17, 15) is 4.79 Å². The Kier molecular flexibility index (Phi) is 4.58. The van der Waals surface area contributed by atoms with Crippen molar-refractivity contribution in [3.8, 4) is 0 Å². The lowest BCUT2D eigenvalue weighted by Crippen LogP contribution is -1.98. The minimum atomic E-state index is -0.938. The molecular weight excluding hydrogens is 258 g/mol. The van der Waals surface area contributed by atoms with E-state index in [1.54, 1.807) is 23.9 Å². The van der Waals surface area contributed by atoms with Crippen LogP contribution in [-0.2, 0) is 11.5 Å². The number of pyridine rings is 1. The number of nitrogens with zero attached hydrogens (tertiary/aromatic N) is 1. The lowest BCUT2D eigenvalue weighted by molar-refractivity contribution is 0.0696. The molecule has 19 heavy (non-hydrogen) atoms. The average molecular weight is 273 g/mol. The maximum absolute atomic E-state index is 10.7. The van der Waals surface area contributed by atoms with E-state index in [1.165, 1.54) is 17.3 Å². The van der Waals surface area contributed by atoms with E-state index in [0.717, 1.165) is 17.2 Å². The first-order valence-corrected chi connectivity index (χ1v) is 7.12. The molecule has 1 heterocycles. The van der Waals surface area contributed by atoms with Crippen molar-refractivity contribution in [1.82, 2.24) is 4.98 Å². The molecular formula is C15H15NO2S. The van der Waals surface area contributed by atoms with Gasteiger partial charge in [-0.05, 0) is 24.6 Å². The number of aromatic carboxylic acids is 1. The Morgan fingerprint density at radius 1 is 1.26 bits per heavy atom. The van der Waals surface area contributed by atoms with Crippen LogP contribution in [0.3, 0.4) is 0 Å². The number of aryl methyl sites for hydroxylation is 1. The van der Waals surface area contributed by atoms with Gasteiger partial charge in [0.25, 0.3) is 0 Å². The van der Waals surface area contributed by atoms with Crippen LogP contribution in [0.2, 0.25) is 0 Å². The van der Waals surface area contributed by atoms with Crippen LogP contribution in [0.4, 0.5) is 0 Å². The van der Waals surface area contributed by atoms with Crippen molar-refractivity contribution < 1.29 is 9.90 Å². The SMILES string of the molecule is Cc1cccc(CSCc2ccc(C(=O)O)cn2)c1. The summed E-state index contributed by atoms with van der Waals surface area (Å²) in [5, 5.41) is 8.78. The van der Waals surface area contributed by atoms with Crippen molar-refractivity contribution >= 4 is 17.7 Å². The van der Waals surface area contributed by atoms with Gasteiger partial charge in [0.2, 0.25) is 0 Å². The van der Waals surface area contributed by atoms with Gasteiger partial charge in [-0.3, -0.25) is 4.98 Å². The minimum absolute atomic E-state index is 0.229. The highest BCUT2D eigenvalue weighted by atomic mass is 32.2. The molecule has 0 aliphatic heterocycles. The van der Waals surface area contributed by atoms with Crippen LogP contribution < -0.4 is 0 Å². The lowest BCUT2D eigenvalue weighted by atomic mass is 10.2. The van der Waals surface area contributed by atoms with Crippen molar-refractivity contribution in [1.29, 1.82) is 0 Å². The van der Waals surface area contributed by atoms with Gasteiger partial charge in [-0.1, -0.05) is 29.8 Å². The van der Waals surface area contributed by atoms with E-state index in [1.807, 2.05) is 0 Å². The van der Waals surface area contributed by atoms with Gasteiger partial charge < -0.3 is 5.11 Å². The highest BCUT2D eigenvalue weighted by Crippen LogP contribution is 2.17. The standard InChI is InChI=1S/C15H15NO2S/c1-11-3-2-4-12(7-11)9-19-10-14-6-5-13(8-16-14)15(17)18/h2-8H,9-10H2,1H3,(H,17,18). The molecule has 0 unspecified atom stereocenters. The highest BCUT2D eigenvalue weighted by Gasteiger charge is 2.03.